The Labute approximate surface area is 89.5 Å². The fourth-order valence-electron chi connectivity index (χ4n) is 3.17. The van der Waals surface area contributed by atoms with Gasteiger partial charge >= 0.3 is 5.97 Å². The van der Waals surface area contributed by atoms with Crippen molar-refractivity contribution in [2.45, 2.75) is 26.7 Å². The number of ketones is 1. The van der Waals surface area contributed by atoms with Crippen LogP contribution in [-0.4, -0.2) is 18.9 Å². The zero-order valence-corrected chi connectivity index (χ0v) is 9.37. The molecule has 0 heterocycles. The topological polar surface area (TPSA) is 43.4 Å². The Kier molecular flexibility index (Phi) is 2.41. The fraction of sp³-hybridized carbons (Fsp3) is 0.667. The van der Waals surface area contributed by atoms with Crippen molar-refractivity contribution in [3.63, 3.8) is 0 Å². The molecule has 3 atom stereocenters. The summed E-state index contributed by atoms with van der Waals surface area (Å²) in [5.74, 6) is 0.542. The molecule has 0 aromatic heterocycles. The van der Waals surface area contributed by atoms with Gasteiger partial charge in [-0.15, -0.1) is 0 Å². The second kappa shape index (κ2) is 3.47. The maximum atomic E-state index is 11.7. The minimum absolute atomic E-state index is 0.00546. The average molecular weight is 208 g/mol. The third kappa shape index (κ3) is 1.33. The van der Waals surface area contributed by atoms with Crippen LogP contribution in [0.25, 0.3) is 0 Å². The molecule has 2 aliphatic rings. The molecule has 2 aliphatic carbocycles. The van der Waals surface area contributed by atoms with Gasteiger partial charge in [0.2, 0.25) is 0 Å². The van der Waals surface area contributed by atoms with Gasteiger partial charge < -0.3 is 4.74 Å². The minimum Gasteiger partial charge on any atom is -0.466 e. The molecule has 0 amide bonds. The van der Waals surface area contributed by atoms with E-state index in [0.29, 0.717) is 18.1 Å². The SMILES string of the molecule is COC(=O)C1=C(C)[C@H]2C(=O)CC[C@H]2[C@H]1C. The Morgan fingerprint density at radius 2 is 2.13 bits per heavy atom. The molecule has 0 unspecified atom stereocenters. The van der Waals surface area contributed by atoms with Crippen LogP contribution in [0.15, 0.2) is 11.1 Å². The zero-order valence-electron chi connectivity index (χ0n) is 9.37. The van der Waals surface area contributed by atoms with E-state index in [1.807, 2.05) is 13.8 Å². The first-order valence-electron chi connectivity index (χ1n) is 5.39. The van der Waals surface area contributed by atoms with Gasteiger partial charge in [-0.3, -0.25) is 4.79 Å². The number of Topliss-reactive ketones (excluding diaryl/α,β-unsaturated/α-hetero) is 1. The Balaban J connectivity index is 2.38. The summed E-state index contributed by atoms with van der Waals surface area (Å²) >= 11 is 0. The van der Waals surface area contributed by atoms with Crippen LogP contribution in [0, 0.1) is 17.8 Å². The Morgan fingerprint density at radius 3 is 2.67 bits per heavy atom. The number of carbonyl (C=O) groups is 2. The maximum absolute atomic E-state index is 11.7. The highest BCUT2D eigenvalue weighted by Gasteiger charge is 2.47. The van der Waals surface area contributed by atoms with E-state index in [0.717, 1.165) is 17.6 Å². The first-order chi connectivity index (χ1) is 7.07. The van der Waals surface area contributed by atoms with Crippen LogP contribution >= 0.6 is 0 Å². The number of hydrogen-bond acceptors (Lipinski definition) is 3. The van der Waals surface area contributed by atoms with E-state index < -0.39 is 0 Å². The summed E-state index contributed by atoms with van der Waals surface area (Å²) < 4.78 is 4.77. The molecule has 0 spiro atoms. The van der Waals surface area contributed by atoms with Gasteiger partial charge in [-0.1, -0.05) is 12.5 Å². The molecule has 15 heavy (non-hydrogen) atoms. The number of rotatable bonds is 1. The van der Waals surface area contributed by atoms with Crippen molar-refractivity contribution in [2.24, 2.45) is 17.8 Å². The van der Waals surface area contributed by atoms with Crippen molar-refractivity contribution in [3.8, 4) is 0 Å². The summed E-state index contributed by atoms with van der Waals surface area (Å²) in [5, 5.41) is 0. The second-order valence-electron chi connectivity index (χ2n) is 4.52. The van der Waals surface area contributed by atoms with Crippen LogP contribution < -0.4 is 0 Å². The highest BCUT2D eigenvalue weighted by atomic mass is 16.5. The number of esters is 1. The molecular weight excluding hydrogens is 192 g/mol. The lowest BCUT2D eigenvalue weighted by molar-refractivity contribution is -0.136. The highest BCUT2D eigenvalue weighted by Crippen LogP contribution is 2.49. The maximum Gasteiger partial charge on any atom is 0.333 e. The van der Waals surface area contributed by atoms with E-state index >= 15 is 0 Å². The molecule has 0 aliphatic heterocycles. The van der Waals surface area contributed by atoms with Gasteiger partial charge in [-0.25, -0.2) is 4.79 Å². The Hall–Kier alpha value is -1.12. The van der Waals surface area contributed by atoms with Crippen molar-refractivity contribution >= 4 is 11.8 Å². The second-order valence-corrected chi connectivity index (χ2v) is 4.52. The van der Waals surface area contributed by atoms with Crippen molar-refractivity contribution in [3.05, 3.63) is 11.1 Å². The van der Waals surface area contributed by atoms with E-state index in [-0.39, 0.29) is 17.8 Å². The summed E-state index contributed by atoms with van der Waals surface area (Å²) in [6.45, 7) is 3.93. The van der Waals surface area contributed by atoms with Crippen LogP contribution in [0.1, 0.15) is 26.7 Å². The molecule has 0 aromatic rings. The molecule has 1 saturated carbocycles. The molecule has 3 heteroatoms. The van der Waals surface area contributed by atoms with Gasteiger partial charge in [-0.05, 0) is 25.2 Å². The van der Waals surface area contributed by atoms with Crippen LogP contribution in [-0.2, 0) is 14.3 Å². The van der Waals surface area contributed by atoms with E-state index in [2.05, 4.69) is 0 Å². The smallest absolute Gasteiger partial charge is 0.333 e. The van der Waals surface area contributed by atoms with Gasteiger partial charge in [0.05, 0.1) is 7.11 Å². The number of hydrogen-bond donors (Lipinski definition) is 0. The summed E-state index contributed by atoms with van der Waals surface area (Å²) in [6.07, 6.45) is 1.59. The van der Waals surface area contributed by atoms with Gasteiger partial charge in [0.15, 0.2) is 0 Å². The fourth-order valence-corrected chi connectivity index (χ4v) is 3.17. The lowest BCUT2D eigenvalue weighted by Gasteiger charge is -2.14. The van der Waals surface area contributed by atoms with Crippen LogP contribution in [0.4, 0.5) is 0 Å². The Morgan fingerprint density at radius 1 is 1.47 bits per heavy atom. The van der Waals surface area contributed by atoms with Gasteiger partial charge in [0.1, 0.15) is 5.78 Å². The third-order valence-electron chi connectivity index (χ3n) is 3.89. The van der Waals surface area contributed by atoms with Crippen molar-refractivity contribution in [1.29, 1.82) is 0 Å². The molecule has 0 aromatic carbocycles. The van der Waals surface area contributed by atoms with Gasteiger partial charge in [0, 0.05) is 17.9 Å². The normalized spacial score (nSPS) is 34.6. The predicted octanol–water partition coefficient (Wildman–Crippen LogP) is 1.72. The average Bonchev–Trinajstić information content (AvgIpc) is 2.69. The lowest BCUT2D eigenvalue weighted by Crippen LogP contribution is -2.15. The quantitative estimate of drug-likeness (QED) is 0.616. The molecule has 3 nitrogen and oxygen atoms in total. The standard InChI is InChI=1S/C12H16O3/c1-6-8-4-5-9(13)11(8)7(2)10(6)12(14)15-3/h6,8,11H,4-5H2,1-3H3/t6-,8+,11-/m1/s1. The zero-order chi connectivity index (χ0) is 11.2. The van der Waals surface area contributed by atoms with E-state index in [1.54, 1.807) is 0 Å². The first-order valence-corrected chi connectivity index (χ1v) is 5.39. The molecule has 0 radical (unpaired) electrons. The van der Waals surface area contributed by atoms with Gasteiger partial charge in [-0.2, -0.15) is 0 Å². The molecule has 2 rings (SSSR count). The van der Waals surface area contributed by atoms with Gasteiger partial charge in [0.25, 0.3) is 0 Å². The molecule has 0 bridgehead atoms. The van der Waals surface area contributed by atoms with Crippen molar-refractivity contribution < 1.29 is 14.3 Å². The first kappa shape index (κ1) is 10.4. The van der Waals surface area contributed by atoms with E-state index in [9.17, 15) is 9.59 Å². The predicted molar refractivity (Wildman–Crippen MR) is 55.1 cm³/mol. The number of allylic oxidation sites excluding steroid dienone is 1. The molecule has 0 saturated heterocycles. The summed E-state index contributed by atoms with van der Waals surface area (Å²) in [4.78, 5) is 23.3. The summed E-state index contributed by atoms with van der Waals surface area (Å²) in [7, 11) is 1.39. The molecule has 1 fully saturated rings. The Bertz CT molecular complexity index is 354. The third-order valence-corrected chi connectivity index (χ3v) is 3.89. The minimum atomic E-state index is -0.262. The summed E-state index contributed by atoms with van der Waals surface area (Å²) in [6, 6.07) is 0. The number of methoxy groups -OCH3 is 1. The molecule has 82 valence electrons. The van der Waals surface area contributed by atoms with Crippen LogP contribution in [0.2, 0.25) is 0 Å². The largest absolute Gasteiger partial charge is 0.466 e. The highest BCUT2D eigenvalue weighted by molar-refractivity contribution is 5.95. The van der Waals surface area contributed by atoms with E-state index in [4.69, 9.17) is 4.74 Å². The van der Waals surface area contributed by atoms with Crippen molar-refractivity contribution in [1.82, 2.24) is 0 Å². The summed E-state index contributed by atoms with van der Waals surface area (Å²) in [5.41, 5.74) is 1.68. The van der Waals surface area contributed by atoms with Crippen molar-refractivity contribution in [2.75, 3.05) is 7.11 Å². The molecular formula is C12H16O3. The monoisotopic (exact) mass is 208 g/mol. The lowest BCUT2D eigenvalue weighted by atomic mass is 9.89. The number of fused-ring (bicyclic) bond motifs is 1. The molecule has 0 N–H and O–H groups in total. The number of ether oxygens (including phenoxy) is 1. The van der Waals surface area contributed by atoms with Crippen LogP contribution in [0.3, 0.4) is 0 Å². The number of carbonyl (C=O) groups excluding carboxylic acids is 2. The van der Waals surface area contributed by atoms with Crippen LogP contribution in [0.5, 0.6) is 0 Å². The van der Waals surface area contributed by atoms with E-state index in [1.165, 1.54) is 7.11 Å².